The smallest absolute Gasteiger partial charge is 0.250 e. The molecule has 0 radical (unpaired) electrons. The van der Waals surface area contributed by atoms with E-state index in [0.717, 1.165) is 25.3 Å². The number of ether oxygens (including phenoxy) is 2. The van der Waals surface area contributed by atoms with Crippen LogP contribution < -0.4 is 15.4 Å². The van der Waals surface area contributed by atoms with Gasteiger partial charge in [-0.25, -0.2) is 0 Å². The third-order valence-corrected chi connectivity index (χ3v) is 3.44. The number of nitrogens with one attached hydrogen (secondary N) is 2. The molecule has 5 nitrogen and oxygen atoms in total. The van der Waals surface area contributed by atoms with E-state index >= 15 is 0 Å². The number of hydrogen-bond acceptors (Lipinski definition) is 4. The molecule has 1 fully saturated rings. The van der Waals surface area contributed by atoms with Gasteiger partial charge in [-0.05, 0) is 30.0 Å². The Morgan fingerprint density at radius 2 is 2.13 bits per heavy atom. The lowest BCUT2D eigenvalue weighted by Gasteiger charge is -2.22. The van der Waals surface area contributed by atoms with Gasteiger partial charge in [-0.1, -0.05) is 26.0 Å². The van der Waals surface area contributed by atoms with Crippen LogP contribution in [0.1, 0.15) is 19.4 Å². The predicted octanol–water partition coefficient (Wildman–Crippen LogP) is 1.79. The molecule has 1 aliphatic rings. The summed E-state index contributed by atoms with van der Waals surface area (Å²) in [5.41, 5.74) is 1.18. The summed E-state index contributed by atoms with van der Waals surface area (Å²) in [5.74, 6) is 1.37. The van der Waals surface area contributed by atoms with E-state index < -0.39 is 0 Å². The van der Waals surface area contributed by atoms with E-state index in [1.807, 2.05) is 24.3 Å². The lowest BCUT2D eigenvalue weighted by Crippen LogP contribution is -2.48. The van der Waals surface area contributed by atoms with E-state index in [1.54, 1.807) is 0 Å². The quantitative estimate of drug-likeness (QED) is 0.793. The average Bonchev–Trinajstić information content (AvgIpc) is 2.55. The molecule has 130 valence electrons. The first-order valence-corrected chi connectivity index (χ1v) is 7.97. The summed E-state index contributed by atoms with van der Waals surface area (Å²) in [4.78, 5) is 11.9. The van der Waals surface area contributed by atoms with Gasteiger partial charge in [0.25, 0.3) is 0 Å². The molecule has 2 N–H and O–H groups in total. The van der Waals surface area contributed by atoms with Crippen LogP contribution in [0.2, 0.25) is 0 Å². The molecule has 1 saturated heterocycles. The van der Waals surface area contributed by atoms with E-state index in [9.17, 15) is 4.79 Å². The van der Waals surface area contributed by atoms with Gasteiger partial charge in [0.15, 0.2) is 0 Å². The highest BCUT2D eigenvalue weighted by Gasteiger charge is 2.20. The Morgan fingerprint density at radius 3 is 2.74 bits per heavy atom. The number of hydrogen-bond donors (Lipinski definition) is 2. The lowest BCUT2D eigenvalue weighted by atomic mass is 10.1. The highest BCUT2D eigenvalue weighted by molar-refractivity contribution is 5.85. The monoisotopic (exact) mass is 342 g/mol. The zero-order valence-corrected chi connectivity index (χ0v) is 14.7. The number of morpholine rings is 1. The minimum Gasteiger partial charge on any atom is -0.493 e. The van der Waals surface area contributed by atoms with Gasteiger partial charge in [0.1, 0.15) is 11.9 Å². The molecule has 1 amide bonds. The normalized spacial score (nSPS) is 17.4. The third-order valence-electron chi connectivity index (χ3n) is 3.44. The summed E-state index contributed by atoms with van der Waals surface area (Å²) < 4.78 is 11.1. The Morgan fingerprint density at radius 1 is 1.39 bits per heavy atom. The van der Waals surface area contributed by atoms with Crippen molar-refractivity contribution in [2.75, 3.05) is 32.8 Å². The molecule has 0 spiro atoms. The second kappa shape index (κ2) is 10.5. The van der Waals surface area contributed by atoms with Gasteiger partial charge in [0, 0.05) is 19.6 Å². The van der Waals surface area contributed by atoms with Crippen LogP contribution in [-0.4, -0.2) is 44.9 Å². The standard InChI is InChI=1S/C17H26N2O3.ClH/c1-13(2)12-22-15-5-3-14(4-6-15)7-8-19-17(20)16-11-18-9-10-21-16;/h3-6,13,16,18H,7-12H2,1-2H3,(H,19,20);1H. The summed E-state index contributed by atoms with van der Waals surface area (Å²) in [6.07, 6.45) is 0.441. The lowest BCUT2D eigenvalue weighted by molar-refractivity contribution is -0.134. The second-order valence-electron chi connectivity index (χ2n) is 5.95. The highest BCUT2D eigenvalue weighted by Crippen LogP contribution is 2.13. The molecule has 1 unspecified atom stereocenters. The number of amides is 1. The topological polar surface area (TPSA) is 59.6 Å². The Hall–Kier alpha value is -1.30. The predicted molar refractivity (Wildman–Crippen MR) is 93.3 cm³/mol. The molecule has 1 atom stereocenters. The fourth-order valence-electron chi connectivity index (χ4n) is 2.19. The van der Waals surface area contributed by atoms with Gasteiger partial charge < -0.3 is 20.1 Å². The van der Waals surface area contributed by atoms with E-state index in [1.165, 1.54) is 5.56 Å². The zero-order valence-electron chi connectivity index (χ0n) is 13.8. The molecule has 0 aromatic heterocycles. The van der Waals surface area contributed by atoms with Crippen LogP contribution in [0.25, 0.3) is 0 Å². The Balaban J connectivity index is 0.00000264. The molecular formula is C17H27ClN2O3. The van der Waals surface area contributed by atoms with Crippen LogP contribution in [0.4, 0.5) is 0 Å². The first-order chi connectivity index (χ1) is 10.6. The molecular weight excluding hydrogens is 316 g/mol. The van der Waals surface area contributed by atoms with E-state index in [2.05, 4.69) is 24.5 Å². The Labute approximate surface area is 144 Å². The van der Waals surface area contributed by atoms with Crippen LogP contribution in [-0.2, 0) is 16.0 Å². The fraction of sp³-hybridized carbons (Fsp3) is 0.588. The van der Waals surface area contributed by atoms with E-state index in [-0.39, 0.29) is 24.4 Å². The maximum absolute atomic E-state index is 11.9. The molecule has 1 aromatic rings. The van der Waals surface area contributed by atoms with Gasteiger partial charge in [0.05, 0.1) is 13.2 Å². The summed E-state index contributed by atoms with van der Waals surface area (Å²) in [5, 5.41) is 6.07. The van der Waals surface area contributed by atoms with Crippen molar-refractivity contribution in [2.45, 2.75) is 26.4 Å². The van der Waals surface area contributed by atoms with E-state index in [4.69, 9.17) is 9.47 Å². The second-order valence-corrected chi connectivity index (χ2v) is 5.95. The molecule has 0 aliphatic carbocycles. The number of benzene rings is 1. The number of rotatable bonds is 7. The molecule has 6 heteroatoms. The van der Waals surface area contributed by atoms with Crippen LogP contribution >= 0.6 is 12.4 Å². The largest absolute Gasteiger partial charge is 0.493 e. The SMILES string of the molecule is CC(C)COc1ccc(CCNC(=O)C2CNCCO2)cc1.Cl. The van der Waals surface area contributed by atoms with Crippen LogP contribution in [0.5, 0.6) is 5.75 Å². The number of halogens is 1. The van der Waals surface area contributed by atoms with Crippen molar-refractivity contribution in [1.29, 1.82) is 0 Å². The fourth-order valence-corrected chi connectivity index (χ4v) is 2.19. The number of carbonyl (C=O) groups is 1. The first-order valence-electron chi connectivity index (χ1n) is 7.97. The van der Waals surface area contributed by atoms with E-state index in [0.29, 0.717) is 25.6 Å². The molecule has 1 heterocycles. The van der Waals surface area contributed by atoms with Crippen molar-refractivity contribution < 1.29 is 14.3 Å². The summed E-state index contributed by atoms with van der Waals surface area (Å²) in [6.45, 7) is 7.60. The minimum atomic E-state index is -0.361. The van der Waals surface area contributed by atoms with Crippen molar-refractivity contribution in [3.63, 3.8) is 0 Å². The highest BCUT2D eigenvalue weighted by atomic mass is 35.5. The van der Waals surface area contributed by atoms with Gasteiger partial charge in [-0.3, -0.25) is 4.79 Å². The molecule has 0 bridgehead atoms. The van der Waals surface area contributed by atoms with Crippen LogP contribution in [0.3, 0.4) is 0 Å². The van der Waals surface area contributed by atoms with Crippen molar-refractivity contribution in [1.82, 2.24) is 10.6 Å². The van der Waals surface area contributed by atoms with Crippen LogP contribution in [0.15, 0.2) is 24.3 Å². The molecule has 0 saturated carbocycles. The molecule has 1 aliphatic heterocycles. The van der Waals surface area contributed by atoms with Crippen molar-refractivity contribution in [3.05, 3.63) is 29.8 Å². The average molecular weight is 343 g/mol. The van der Waals surface area contributed by atoms with Crippen LogP contribution in [0, 0.1) is 5.92 Å². The maximum atomic E-state index is 11.9. The minimum absolute atomic E-state index is 0. The van der Waals surface area contributed by atoms with Gasteiger partial charge in [0.2, 0.25) is 5.91 Å². The summed E-state index contributed by atoms with van der Waals surface area (Å²) >= 11 is 0. The van der Waals surface area contributed by atoms with Crippen molar-refractivity contribution >= 4 is 18.3 Å². The molecule has 1 aromatic carbocycles. The third kappa shape index (κ3) is 7.20. The van der Waals surface area contributed by atoms with Crippen molar-refractivity contribution in [2.24, 2.45) is 5.92 Å². The Bertz CT molecular complexity index is 459. The summed E-state index contributed by atoms with van der Waals surface area (Å²) in [7, 11) is 0. The van der Waals surface area contributed by atoms with Crippen molar-refractivity contribution in [3.8, 4) is 5.75 Å². The number of carbonyl (C=O) groups excluding carboxylic acids is 1. The van der Waals surface area contributed by atoms with Gasteiger partial charge in [-0.2, -0.15) is 0 Å². The molecule has 2 rings (SSSR count). The Kier molecular flexibility index (Phi) is 8.99. The zero-order chi connectivity index (χ0) is 15.8. The first kappa shape index (κ1) is 19.7. The van der Waals surface area contributed by atoms with Gasteiger partial charge >= 0.3 is 0 Å². The van der Waals surface area contributed by atoms with Gasteiger partial charge in [-0.15, -0.1) is 12.4 Å². The summed E-state index contributed by atoms with van der Waals surface area (Å²) in [6, 6.07) is 8.04. The maximum Gasteiger partial charge on any atom is 0.250 e. The molecule has 23 heavy (non-hydrogen) atoms.